The minimum atomic E-state index is -0.688. The van der Waals surface area contributed by atoms with E-state index in [2.05, 4.69) is 15.9 Å². The topological polar surface area (TPSA) is 37.3 Å². The number of hydrogen-bond donors (Lipinski definition) is 1. The number of hydrogen-bond acceptors (Lipinski definition) is 2. The average molecular weight is 275 g/mol. The highest BCUT2D eigenvalue weighted by molar-refractivity contribution is 9.11. The number of rotatable bonds is 3. The third-order valence-electron chi connectivity index (χ3n) is 3.05. The Kier molecular flexibility index (Phi) is 2.43. The average Bonchev–Trinajstić information content (AvgIpc) is 2.83. The molecule has 0 aromatic carbocycles. The summed E-state index contributed by atoms with van der Waals surface area (Å²) in [7, 11) is 0. The van der Waals surface area contributed by atoms with Crippen LogP contribution in [-0.4, -0.2) is 11.1 Å². The van der Waals surface area contributed by atoms with Crippen LogP contribution in [0.25, 0.3) is 0 Å². The maximum Gasteiger partial charge on any atom is 0.307 e. The van der Waals surface area contributed by atoms with E-state index in [0.29, 0.717) is 0 Å². The van der Waals surface area contributed by atoms with Crippen molar-refractivity contribution in [2.24, 2.45) is 5.92 Å². The molecule has 1 aromatic rings. The maximum atomic E-state index is 11.0. The molecular weight excluding hydrogens is 264 g/mol. The lowest BCUT2D eigenvalue weighted by atomic mass is 9.89. The number of aliphatic carboxylic acids is 1. The van der Waals surface area contributed by atoms with Gasteiger partial charge >= 0.3 is 5.97 Å². The summed E-state index contributed by atoms with van der Waals surface area (Å²) in [5, 5.41) is 9.02. The monoisotopic (exact) mass is 274 g/mol. The molecule has 1 aromatic heterocycles. The van der Waals surface area contributed by atoms with Gasteiger partial charge in [-0.05, 0) is 40.9 Å². The highest BCUT2D eigenvalue weighted by Crippen LogP contribution is 2.56. The number of thiophene rings is 1. The van der Waals surface area contributed by atoms with E-state index < -0.39 is 5.97 Å². The van der Waals surface area contributed by atoms with Crippen LogP contribution >= 0.6 is 27.3 Å². The molecule has 14 heavy (non-hydrogen) atoms. The number of halogens is 1. The SMILES string of the molecule is CC(C(=O)O)C1(c2ccc(Br)s2)CC1. The lowest BCUT2D eigenvalue weighted by Crippen LogP contribution is -2.24. The highest BCUT2D eigenvalue weighted by atomic mass is 79.9. The van der Waals surface area contributed by atoms with Gasteiger partial charge in [0.05, 0.1) is 9.70 Å². The maximum absolute atomic E-state index is 11.0. The smallest absolute Gasteiger partial charge is 0.307 e. The van der Waals surface area contributed by atoms with Crippen molar-refractivity contribution in [1.82, 2.24) is 0 Å². The minimum Gasteiger partial charge on any atom is -0.481 e. The molecule has 1 N–H and O–H groups in total. The molecule has 1 fully saturated rings. The summed E-state index contributed by atoms with van der Waals surface area (Å²) in [5.74, 6) is -0.958. The van der Waals surface area contributed by atoms with Crippen molar-refractivity contribution in [1.29, 1.82) is 0 Å². The van der Waals surface area contributed by atoms with Gasteiger partial charge < -0.3 is 5.11 Å². The largest absolute Gasteiger partial charge is 0.481 e. The molecule has 4 heteroatoms. The van der Waals surface area contributed by atoms with Crippen LogP contribution in [0.3, 0.4) is 0 Å². The summed E-state index contributed by atoms with van der Waals surface area (Å²) in [6.45, 7) is 1.81. The van der Waals surface area contributed by atoms with Gasteiger partial charge in [0.2, 0.25) is 0 Å². The Morgan fingerprint density at radius 2 is 2.29 bits per heavy atom. The zero-order chi connectivity index (χ0) is 10.3. The molecule has 1 heterocycles. The van der Waals surface area contributed by atoms with Crippen molar-refractivity contribution in [3.63, 3.8) is 0 Å². The Morgan fingerprint density at radius 1 is 1.64 bits per heavy atom. The summed E-state index contributed by atoms with van der Waals surface area (Å²) in [4.78, 5) is 12.2. The fourth-order valence-electron chi connectivity index (χ4n) is 1.85. The molecule has 0 radical (unpaired) electrons. The molecular formula is C10H11BrO2S. The van der Waals surface area contributed by atoms with Crippen molar-refractivity contribution in [3.05, 3.63) is 20.8 Å². The zero-order valence-electron chi connectivity index (χ0n) is 7.79. The summed E-state index contributed by atoms with van der Waals surface area (Å²) >= 11 is 5.07. The molecule has 0 saturated heterocycles. The summed E-state index contributed by atoms with van der Waals surface area (Å²) < 4.78 is 1.08. The molecule has 2 nitrogen and oxygen atoms in total. The third kappa shape index (κ3) is 1.50. The van der Waals surface area contributed by atoms with Crippen LogP contribution in [0.4, 0.5) is 0 Å². The predicted octanol–water partition coefficient (Wildman–Crippen LogP) is 3.26. The minimum absolute atomic E-state index is 0.0669. The third-order valence-corrected chi connectivity index (χ3v) is 4.90. The van der Waals surface area contributed by atoms with E-state index in [0.717, 1.165) is 16.6 Å². The van der Waals surface area contributed by atoms with Crippen LogP contribution in [0.5, 0.6) is 0 Å². The van der Waals surface area contributed by atoms with Crippen LogP contribution in [0.2, 0.25) is 0 Å². The first-order valence-corrected chi connectivity index (χ1v) is 6.16. The molecule has 1 atom stereocenters. The van der Waals surface area contributed by atoms with Crippen molar-refractivity contribution in [2.75, 3.05) is 0 Å². The van der Waals surface area contributed by atoms with E-state index >= 15 is 0 Å². The standard InChI is InChI=1S/C10H11BrO2S/c1-6(9(12)13)10(4-5-10)7-2-3-8(11)14-7/h2-3,6H,4-5H2,1H3,(H,12,13). The molecule has 76 valence electrons. The van der Waals surface area contributed by atoms with E-state index in [1.807, 2.05) is 19.1 Å². The Hall–Kier alpha value is -0.350. The molecule has 2 rings (SSSR count). The molecule has 0 aliphatic heterocycles. The van der Waals surface area contributed by atoms with Gasteiger partial charge in [-0.25, -0.2) is 0 Å². The first-order valence-electron chi connectivity index (χ1n) is 4.55. The quantitative estimate of drug-likeness (QED) is 0.919. The Bertz CT molecular complexity index is 368. The normalized spacial score (nSPS) is 20.4. The van der Waals surface area contributed by atoms with Crippen LogP contribution < -0.4 is 0 Å². The summed E-state index contributed by atoms with van der Waals surface area (Å²) in [5.41, 5.74) is -0.0669. The Labute approximate surface area is 95.1 Å². The fourth-order valence-corrected chi connectivity index (χ4v) is 3.57. The van der Waals surface area contributed by atoms with Crippen molar-refractivity contribution >= 4 is 33.2 Å². The van der Waals surface area contributed by atoms with Gasteiger partial charge in [0, 0.05) is 10.3 Å². The molecule has 0 bridgehead atoms. The predicted molar refractivity (Wildman–Crippen MR) is 59.7 cm³/mol. The van der Waals surface area contributed by atoms with E-state index in [4.69, 9.17) is 5.11 Å². The van der Waals surface area contributed by atoms with Gasteiger partial charge in [0.1, 0.15) is 0 Å². The van der Waals surface area contributed by atoms with Crippen molar-refractivity contribution < 1.29 is 9.90 Å². The van der Waals surface area contributed by atoms with Crippen molar-refractivity contribution in [2.45, 2.75) is 25.2 Å². The Morgan fingerprint density at radius 3 is 2.64 bits per heavy atom. The second-order valence-corrected chi connectivity index (χ2v) is 6.28. The van der Waals surface area contributed by atoms with Crippen LogP contribution in [0.15, 0.2) is 15.9 Å². The second kappa shape index (κ2) is 3.35. The van der Waals surface area contributed by atoms with Gasteiger partial charge in [0.25, 0.3) is 0 Å². The van der Waals surface area contributed by atoms with E-state index in [9.17, 15) is 4.79 Å². The lowest BCUT2D eigenvalue weighted by Gasteiger charge is -2.17. The molecule has 1 aliphatic rings. The van der Waals surface area contributed by atoms with Gasteiger partial charge in [-0.2, -0.15) is 0 Å². The lowest BCUT2D eigenvalue weighted by molar-refractivity contribution is -0.142. The van der Waals surface area contributed by atoms with Gasteiger partial charge in [-0.1, -0.05) is 6.92 Å². The first-order chi connectivity index (χ1) is 6.56. The highest BCUT2D eigenvalue weighted by Gasteiger charge is 2.52. The molecule has 0 amide bonds. The first kappa shape index (κ1) is 10.2. The molecule has 1 aliphatic carbocycles. The van der Waals surface area contributed by atoms with E-state index in [-0.39, 0.29) is 11.3 Å². The molecule has 1 unspecified atom stereocenters. The van der Waals surface area contributed by atoms with Crippen LogP contribution in [0.1, 0.15) is 24.6 Å². The van der Waals surface area contributed by atoms with Gasteiger partial charge in [0.15, 0.2) is 0 Å². The summed E-state index contributed by atoms with van der Waals surface area (Å²) in [6.07, 6.45) is 2.01. The van der Waals surface area contributed by atoms with Crippen LogP contribution in [-0.2, 0) is 10.2 Å². The molecule has 0 spiro atoms. The number of carbonyl (C=O) groups is 1. The summed E-state index contributed by atoms with van der Waals surface area (Å²) in [6, 6.07) is 4.04. The molecule has 1 saturated carbocycles. The van der Waals surface area contributed by atoms with Gasteiger partial charge in [-0.15, -0.1) is 11.3 Å². The number of carboxylic acid groups (broad SMARTS) is 1. The van der Waals surface area contributed by atoms with E-state index in [1.165, 1.54) is 4.88 Å². The number of carboxylic acids is 1. The second-order valence-electron chi connectivity index (χ2n) is 3.82. The fraction of sp³-hybridized carbons (Fsp3) is 0.500. The van der Waals surface area contributed by atoms with Gasteiger partial charge in [-0.3, -0.25) is 4.79 Å². The zero-order valence-corrected chi connectivity index (χ0v) is 10.2. The van der Waals surface area contributed by atoms with E-state index in [1.54, 1.807) is 11.3 Å². The van der Waals surface area contributed by atoms with Crippen molar-refractivity contribution in [3.8, 4) is 0 Å². The van der Waals surface area contributed by atoms with Crippen LogP contribution in [0, 0.1) is 5.92 Å². The Balaban J connectivity index is 2.29.